The average molecular weight is 524 g/mol. The van der Waals surface area contributed by atoms with E-state index < -0.39 is 21.7 Å². The number of halogens is 3. The van der Waals surface area contributed by atoms with E-state index in [9.17, 15) is 21.6 Å². The molecule has 0 N–H and O–H groups in total. The number of hydrogen-bond donors (Lipinski definition) is 0. The zero-order chi connectivity index (χ0) is 24.5. The van der Waals surface area contributed by atoms with Crippen molar-refractivity contribution in [3.8, 4) is 0 Å². The van der Waals surface area contributed by atoms with E-state index in [1.165, 1.54) is 11.3 Å². The van der Waals surface area contributed by atoms with Crippen molar-refractivity contribution < 1.29 is 21.6 Å². The summed E-state index contributed by atoms with van der Waals surface area (Å²) < 4.78 is 67.7. The number of para-hydroxylation sites is 1. The molecule has 2 aromatic heterocycles. The van der Waals surface area contributed by atoms with Gasteiger partial charge in [0.1, 0.15) is 5.82 Å². The van der Waals surface area contributed by atoms with Crippen molar-refractivity contribution in [2.75, 3.05) is 35.2 Å². The lowest BCUT2D eigenvalue weighted by Crippen LogP contribution is -2.31. The molecule has 0 radical (unpaired) electrons. The molecule has 1 aliphatic carbocycles. The van der Waals surface area contributed by atoms with Gasteiger partial charge in [-0.25, -0.2) is 18.4 Å². The van der Waals surface area contributed by atoms with Crippen LogP contribution in [0.25, 0.3) is 10.2 Å². The summed E-state index contributed by atoms with van der Waals surface area (Å²) in [5, 5.41) is 0. The molecule has 0 spiro atoms. The third kappa shape index (κ3) is 4.14. The molecule has 12 heteroatoms. The van der Waals surface area contributed by atoms with E-state index in [0.29, 0.717) is 25.2 Å². The molecule has 35 heavy (non-hydrogen) atoms. The topological polar surface area (TPSA) is 79.3 Å². The third-order valence-electron chi connectivity index (χ3n) is 7.45. The number of sulfone groups is 1. The molecular weight excluding hydrogens is 499 g/mol. The summed E-state index contributed by atoms with van der Waals surface area (Å²) in [6.07, 6.45) is -2.77. The number of benzene rings is 1. The highest BCUT2D eigenvalue weighted by Crippen LogP contribution is 2.53. The van der Waals surface area contributed by atoms with Gasteiger partial charge in [-0.1, -0.05) is 12.1 Å². The summed E-state index contributed by atoms with van der Waals surface area (Å²) in [5.41, 5.74) is -0.266. The van der Waals surface area contributed by atoms with E-state index in [1.807, 2.05) is 34.9 Å². The highest BCUT2D eigenvalue weighted by molar-refractivity contribution is 7.93. The molecule has 1 unspecified atom stereocenters. The first kappa shape index (κ1) is 23.0. The molecule has 1 aromatic carbocycles. The lowest BCUT2D eigenvalue weighted by molar-refractivity contribution is -0.141. The minimum absolute atomic E-state index is 0.00902. The van der Waals surface area contributed by atoms with Crippen LogP contribution in [0.15, 0.2) is 34.7 Å². The van der Waals surface area contributed by atoms with Gasteiger partial charge in [-0.2, -0.15) is 18.2 Å². The number of fused-ring (bicyclic) bond motifs is 2. The minimum atomic E-state index is -4.56. The van der Waals surface area contributed by atoms with Crippen LogP contribution in [-0.4, -0.2) is 54.8 Å². The Hall–Kier alpha value is -2.47. The molecule has 3 aliphatic rings. The first-order valence-electron chi connectivity index (χ1n) is 11.7. The van der Waals surface area contributed by atoms with Gasteiger partial charge in [-0.3, -0.25) is 0 Å². The quantitative estimate of drug-likeness (QED) is 0.495. The number of hydrogen-bond acceptors (Lipinski definition) is 8. The lowest BCUT2D eigenvalue weighted by Gasteiger charge is -2.26. The van der Waals surface area contributed by atoms with Crippen LogP contribution >= 0.6 is 11.3 Å². The summed E-state index contributed by atoms with van der Waals surface area (Å²) in [5.74, 6) is 0.640. The van der Waals surface area contributed by atoms with Crippen molar-refractivity contribution in [1.82, 2.24) is 15.0 Å². The molecule has 186 valence electrons. The van der Waals surface area contributed by atoms with Crippen molar-refractivity contribution in [3.05, 3.63) is 36.0 Å². The van der Waals surface area contributed by atoms with Gasteiger partial charge in [0, 0.05) is 31.7 Å². The van der Waals surface area contributed by atoms with Crippen molar-refractivity contribution in [2.24, 2.45) is 17.8 Å². The van der Waals surface area contributed by atoms with Gasteiger partial charge in [0.15, 0.2) is 5.69 Å². The van der Waals surface area contributed by atoms with Gasteiger partial charge in [0.25, 0.3) is 0 Å². The van der Waals surface area contributed by atoms with E-state index in [1.54, 1.807) is 6.07 Å². The Bertz CT molecular complexity index is 1350. The van der Waals surface area contributed by atoms with Crippen LogP contribution in [0.1, 0.15) is 25.5 Å². The van der Waals surface area contributed by atoms with Crippen molar-refractivity contribution in [3.63, 3.8) is 0 Å². The van der Waals surface area contributed by atoms with E-state index in [0.717, 1.165) is 23.6 Å². The second-order valence-electron chi connectivity index (χ2n) is 9.72. The predicted octanol–water partition coefficient (Wildman–Crippen LogP) is 4.25. The Morgan fingerprint density at radius 2 is 1.86 bits per heavy atom. The van der Waals surface area contributed by atoms with Crippen molar-refractivity contribution in [1.29, 1.82) is 0 Å². The Kier molecular flexibility index (Phi) is 5.26. The monoisotopic (exact) mass is 523 g/mol. The minimum Gasteiger partial charge on any atom is -0.356 e. The summed E-state index contributed by atoms with van der Waals surface area (Å²) in [7, 11) is -3.53. The van der Waals surface area contributed by atoms with Crippen LogP contribution < -0.4 is 9.80 Å². The fourth-order valence-corrected chi connectivity index (χ4v) is 8.54. The van der Waals surface area contributed by atoms with Gasteiger partial charge >= 0.3 is 6.18 Å². The predicted molar refractivity (Wildman–Crippen MR) is 127 cm³/mol. The molecule has 3 aromatic rings. The molecule has 6 rings (SSSR count). The third-order valence-corrected chi connectivity index (χ3v) is 10.7. The molecule has 3 fully saturated rings. The van der Waals surface area contributed by atoms with Crippen LogP contribution in [0.3, 0.4) is 0 Å². The van der Waals surface area contributed by atoms with Crippen LogP contribution in [0, 0.1) is 17.8 Å². The maximum Gasteiger partial charge on any atom is 0.433 e. The molecule has 2 saturated heterocycles. The fraction of sp³-hybridized carbons (Fsp3) is 0.522. The SMILES string of the molecule is C[C@H]1CCCN1c1nc(N2C[C@@H]3C(CS(=O)(=O)c4nc5ccccc5s4)[C@@H]3C2)cc(C(F)(F)F)n1. The number of rotatable bonds is 5. The summed E-state index contributed by atoms with van der Waals surface area (Å²) in [6, 6.07) is 8.43. The Labute approximate surface area is 204 Å². The molecule has 0 bridgehead atoms. The van der Waals surface area contributed by atoms with Crippen molar-refractivity contribution >= 4 is 43.2 Å². The van der Waals surface area contributed by atoms with Gasteiger partial charge in [0.2, 0.25) is 20.1 Å². The molecule has 4 heterocycles. The zero-order valence-corrected chi connectivity index (χ0v) is 20.6. The second-order valence-corrected chi connectivity index (χ2v) is 13.0. The van der Waals surface area contributed by atoms with Crippen molar-refractivity contribution in [2.45, 2.75) is 36.3 Å². The highest BCUT2D eigenvalue weighted by Gasteiger charge is 2.57. The van der Waals surface area contributed by atoms with Gasteiger partial charge in [-0.05, 0) is 49.7 Å². The first-order chi connectivity index (χ1) is 16.6. The summed E-state index contributed by atoms with van der Waals surface area (Å²) in [6.45, 7) is 3.60. The Morgan fingerprint density at radius 3 is 2.51 bits per heavy atom. The van der Waals surface area contributed by atoms with Crippen LogP contribution in [0.2, 0.25) is 0 Å². The smallest absolute Gasteiger partial charge is 0.356 e. The molecule has 7 nitrogen and oxygen atoms in total. The summed E-state index contributed by atoms with van der Waals surface area (Å²) in [4.78, 5) is 16.3. The number of thiazole rings is 1. The average Bonchev–Trinajstić information content (AvgIpc) is 3.29. The normalized spacial score (nSPS) is 26.5. The van der Waals surface area contributed by atoms with E-state index in [2.05, 4.69) is 15.0 Å². The van der Waals surface area contributed by atoms with E-state index in [-0.39, 0.29) is 45.7 Å². The second kappa shape index (κ2) is 8.02. The van der Waals surface area contributed by atoms with E-state index in [4.69, 9.17) is 0 Å². The Morgan fingerprint density at radius 1 is 1.11 bits per heavy atom. The largest absolute Gasteiger partial charge is 0.433 e. The van der Waals surface area contributed by atoms with Crippen LogP contribution in [0.4, 0.5) is 24.9 Å². The van der Waals surface area contributed by atoms with Gasteiger partial charge in [0.05, 0.1) is 16.0 Å². The molecule has 2 aliphatic heterocycles. The fourth-order valence-electron chi connectivity index (χ4n) is 5.48. The number of piperidine rings is 1. The number of nitrogens with zero attached hydrogens (tertiary/aromatic N) is 5. The maximum absolute atomic E-state index is 13.6. The maximum atomic E-state index is 13.6. The molecule has 0 amide bonds. The van der Waals surface area contributed by atoms with Gasteiger partial charge in [-0.15, -0.1) is 11.3 Å². The first-order valence-corrected chi connectivity index (χ1v) is 14.1. The van der Waals surface area contributed by atoms with Gasteiger partial charge < -0.3 is 9.80 Å². The molecule has 4 atom stereocenters. The summed E-state index contributed by atoms with van der Waals surface area (Å²) >= 11 is 1.18. The molecule has 1 saturated carbocycles. The van der Waals surface area contributed by atoms with Crippen LogP contribution in [0.5, 0.6) is 0 Å². The van der Waals surface area contributed by atoms with E-state index >= 15 is 0 Å². The molecular formula is C23H24F3N5O2S2. The standard InChI is InChI=1S/C23H24F3N5O2S2/c1-13-5-4-8-31(13)21-28-19(23(24,25)26)9-20(29-21)30-10-14-15(11-30)16(14)12-35(32,33)22-27-17-6-2-3-7-18(17)34-22/h2-3,6-7,9,13-16H,4-5,8,10-12H2,1H3/t13-,14-,15+,16?/m0/s1. The number of alkyl halides is 3. The number of aromatic nitrogens is 3. The highest BCUT2D eigenvalue weighted by atomic mass is 32.2. The Balaban J connectivity index is 1.18. The zero-order valence-electron chi connectivity index (χ0n) is 18.9. The van der Waals surface area contributed by atoms with Crippen LogP contribution in [-0.2, 0) is 16.0 Å². The number of anilines is 2. The lowest BCUT2D eigenvalue weighted by atomic mass is 10.2.